The van der Waals surface area contributed by atoms with Crippen LogP contribution in [0.25, 0.3) is 0 Å². The SMILES string of the molecule is Cc1ccccc1C(=O)NCC(C)C(N)=NO. The van der Waals surface area contributed by atoms with Gasteiger partial charge in [0.1, 0.15) is 5.84 Å². The van der Waals surface area contributed by atoms with Gasteiger partial charge in [-0.3, -0.25) is 4.79 Å². The predicted molar refractivity (Wildman–Crippen MR) is 66.1 cm³/mol. The van der Waals surface area contributed by atoms with Crippen molar-refractivity contribution in [3.05, 3.63) is 35.4 Å². The van der Waals surface area contributed by atoms with Crippen LogP contribution in [0.2, 0.25) is 0 Å². The number of amides is 1. The second kappa shape index (κ2) is 5.89. The highest BCUT2D eigenvalue weighted by Crippen LogP contribution is 2.06. The van der Waals surface area contributed by atoms with Gasteiger partial charge in [-0.1, -0.05) is 30.3 Å². The Hall–Kier alpha value is -2.04. The molecule has 5 nitrogen and oxygen atoms in total. The van der Waals surface area contributed by atoms with Crippen LogP contribution in [0.1, 0.15) is 22.8 Å². The van der Waals surface area contributed by atoms with Crippen molar-refractivity contribution in [1.29, 1.82) is 0 Å². The van der Waals surface area contributed by atoms with E-state index >= 15 is 0 Å². The summed E-state index contributed by atoms with van der Waals surface area (Å²) in [4.78, 5) is 11.8. The van der Waals surface area contributed by atoms with E-state index in [0.717, 1.165) is 5.56 Å². The quantitative estimate of drug-likeness (QED) is 0.316. The molecule has 0 aliphatic rings. The zero-order valence-electron chi connectivity index (χ0n) is 9.97. The Labute approximate surface area is 100 Å². The maximum Gasteiger partial charge on any atom is 0.251 e. The van der Waals surface area contributed by atoms with Gasteiger partial charge in [0.25, 0.3) is 5.91 Å². The van der Waals surface area contributed by atoms with Gasteiger partial charge in [-0.15, -0.1) is 0 Å². The summed E-state index contributed by atoms with van der Waals surface area (Å²) in [6.07, 6.45) is 0. The summed E-state index contributed by atoms with van der Waals surface area (Å²) in [5.74, 6) is -0.247. The van der Waals surface area contributed by atoms with Crippen LogP contribution in [-0.2, 0) is 0 Å². The molecule has 0 radical (unpaired) electrons. The Morgan fingerprint density at radius 2 is 2.18 bits per heavy atom. The van der Waals surface area contributed by atoms with Gasteiger partial charge in [0, 0.05) is 18.0 Å². The van der Waals surface area contributed by atoms with Crippen LogP contribution < -0.4 is 11.1 Å². The molecule has 1 atom stereocenters. The van der Waals surface area contributed by atoms with E-state index in [2.05, 4.69) is 10.5 Å². The van der Waals surface area contributed by atoms with Gasteiger partial charge in [-0.25, -0.2) is 0 Å². The molecule has 0 aromatic heterocycles. The minimum absolute atomic E-state index is 0.107. The van der Waals surface area contributed by atoms with Crippen molar-refractivity contribution in [3.8, 4) is 0 Å². The Morgan fingerprint density at radius 3 is 2.76 bits per heavy atom. The van der Waals surface area contributed by atoms with Gasteiger partial charge in [0.2, 0.25) is 0 Å². The number of carbonyl (C=O) groups excluding carboxylic acids is 1. The highest BCUT2D eigenvalue weighted by atomic mass is 16.4. The molecule has 4 N–H and O–H groups in total. The van der Waals surface area contributed by atoms with Crippen molar-refractivity contribution in [1.82, 2.24) is 5.32 Å². The van der Waals surface area contributed by atoms with Gasteiger partial charge in [-0.2, -0.15) is 0 Å². The third-order valence-electron chi connectivity index (χ3n) is 2.58. The standard InChI is InChI=1S/C12H17N3O2/c1-8-5-3-4-6-10(8)12(16)14-7-9(2)11(13)15-17/h3-6,9,17H,7H2,1-2H3,(H2,13,15)(H,14,16). The lowest BCUT2D eigenvalue weighted by molar-refractivity contribution is 0.0950. The number of amidine groups is 1. The Bertz CT molecular complexity index is 430. The fraction of sp³-hybridized carbons (Fsp3) is 0.333. The second-order valence-corrected chi connectivity index (χ2v) is 3.95. The molecule has 0 aliphatic heterocycles. The van der Waals surface area contributed by atoms with E-state index in [9.17, 15) is 4.79 Å². The van der Waals surface area contributed by atoms with Crippen molar-refractivity contribution in [2.24, 2.45) is 16.8 Å². The molecule has 0 aliphatic carbocycles. The summed E-state index contributed by atoms with van der Waals surface area (Å²) in [5, 5.41) is 14.1. The smallest absolute Gasteiger partial charge is 0.251 e. The third-order valence-corrected chi connectivity index (χ3v) is 2.58. The van der Waals surface area contributed by atoms with Crippen molar-refractivity contribution >= 4 is 11.7 Å². The Balaban J connectivity index is 2.60. The van der Waals surface area contributed by atoms with Crippen LogP contribution in [0.15, 0.2) is 29.4 Å². The van der Waals surface area contributed by atoms with E-state index in [1.54, 1.807) is 13.0 Å². The number of oxime groups is 1. The normalized spacial score (nSPS) is 13.2. The van der Waals surface area contributed by atoms with Gasteiger partial charge >= 0.3 is 0 Å². The largest absolute Gasteiger partial charge is 0.409 e. The van der Waals surface area contributed by atoms with Gasteiger partial charge in [-0.05, 0) is 18.6 Å². The molecule has 0 saturated heterocycles. The van der Waals surface area contributed by atoms with Crippen LogP contribution in [0, 0.1) is 12.8 Å². The van der Waals surface area contributed by atoms with Gasteiger partial charge in [0.05, 0.1) is 0 Å². The third kappa shape index (κ3) is 3.48. The molecular formula is C12H17N3O2. The summed E-state index contributed by atoms with van der Waals surface area (Å²) in [6, 6.07) is 7.33. The average Bonchev–Trinajstić information content (AvgIpc) is 2.35. The molecule has 0 bridgehead atoms. The first-order chi connectivity index (χ1) is 8.06. The summed E-state index contributed by atoms with van der Waals surface area (Å²) in [7, 11) is 0. The first-order valence-corrected chi connectivity index (χ1v) is 5.37. The number of hydrogen-bond acceptors (Lipinski definition) is 3. The fourth-order valence-electron chi connectivity index (χ4n) is 1.37. The van der Waals surface area contributed by atoms with E-state index < -0.39 is 0 Å². The number of nitrogens with one attached hydrogen (secondary N) is 1. The maximum atomic E-state index is 11.8. The first-order valence-electron chi connectivity index (χ1n) is 5.37. The molecule has 5 heteroatoms. The van der Waals surface area contributed by atoms with Crippen LogP contribution in [0.5, 0.6) is 0 Å². The lowest BCUT2D eigenvalue weighted by Crippen LogP contribution is -2.34. The van der Waals surface area contributed by atoms with Crippen molar-refractivity contribution in [3.63, 3.8) is 0 Å². The summed E-state index contributed by atoms with van der Waals surface area (Å²) >= 11 is 0. The molecule has 17 heavy (non-hydrogen) atoms. The molecule has 1 amide bonds. The Morgan fingerprint density at radius 1 is 1.53 bits per heavy atom. The number of rotatable bonds is 4. The molecule has 92 valence electrons. The molecular weight excluding hydrogens is 218 g/mol. The number of hydrogen-bond donors (Lipinski definition) is 3. The van der Waals surface area contributed by atoms with E-state index in [1.165, 1.54) is 0 Å². The Kier molecular flexibility index (Phi) is 4.51. The molecule has 0 fully saturated rings. The molecule has 1 aromatic carbocycles. The molecule has 1 unspecified atom stereocenters. The van der Waals surface area contributed by atoms with Crippen LogP contribution in [0.4, 0.5) is 0 Å². The van der Waals surface area contributed by atoms with Gasteiger partial charge in [0.15, 0.2) is 0 Å². The topological polar surface area (TPSA) is 87.7 Å². The zero-order chi connectivity index (χ0) is 12.8. The number of benzene rings is 1. The van der Waals surface area contributed by atoms with Crippen molar-refractivity contribution < 1.29 is 10.0 Å². The van der Waals surface area contributed by atoms with Crippen molar-refractivity contribution in [2.45, 2.75) is 13.8 Å². The summed E-state index contributed by atoms with van der Waals surface area (Å²) in [6.45, 7) is 3.98. The fourth-order valence-corrected chi connectivity index (χ4v) is 1.37. The monoisotopic (exact) mass is 235 g/mol. The molecule has 1 rings (SSSR count). The molecule has 0 heterocycles. The summed E-state index contributed by atoms with van der Waals surface area (Å²) in [5.41, 5.74) is 6.98. The average molecular weight is 235 g/mol. The minimum atomic E-state index is -0.201. The van der Waals surface area contributed by atoms with E-state index in [4.69, 9.17) is 10.9 Å². The summed E-state index contributed by atoms with van der Waals surface area (Å²) < 4.78 is 0. The highest BCUT2D eigenvalue weighted by molar-refractivity contribution is 5.95. The molecule has 0 spiro atoms. The predicted octanol–water partition coefficient (Wildman–Crippen LogP) is 1.11. The van der Waals surface area contributed by atoms with Crippen molar-refractivity contribution in [2.75, 3.05) is 6.54 Å². The number of carbonyl (C=O) groups is 1. The van der Waals surface area contributed by atoms with E-state index in [1.807, 2.05) is 25.1 Å². The van der Waals surface area contributed by atoms with Crippen LogP contribution >= 0.6 is 0 Å². The van der Waals surface area contributed by atoms with Gasteiger partial charge < -0.3 is 16.3 Å². The lowest BCUT2D eigenvalue weighted by Gasteiger charge is -2.11. The van der Waals surface area contributed by atoms with E-state index in [-0.39, 0.29) is 17.7 Å². The minimum Gasteiger partial charge on any atom is -0.409 e. The number of aryl methyl sites for hydroxylation is 1. The first kappa shape index (κ1) is 13.0. The number of nitrogens with two attached hydrogens (primary N) is 1. The second-order valence-electron chi connectivity index (χ2n) is 3.95. The molecule has 0 saturated carbocycles. The molecule has 1 aromatic rings. The zero-order valence-corrected chi connectivity index (χ0v) is 9.97. The maximum absolute atomic E-state index is 11.8. The lowest BCUT2D eigenvalue weighted by atomic mass is 10.1. The van der Waals surface area contributed by atoms with Crippen LogP contribution in [-0.4, -0.2) is 23.5 Å². The number of nitrogens with zero attached hydrogens (tertiary/aromatic N) is 1. The van der Waals surface area contributed by atoms with E-state index in [0.29, 0.717) is 12.1 Å². The van der Waals surface area contributed by atoms with Crippen LogP contribution in [0.3, 0.4) is 0 Å². The highest BCUT2D eigenvalue weighted by Gasteiger charge is 2.11.